The number of rotatable bonds is 1. The van der Waals surface area contributed by atoms with Gasteiger partial charge in [-0.05, 0) is 12.1 Å². The fraction of sp³-hybridized carbons (Fsp3) is 0.0714. The van der Waals surface area contributed by atoms with E-state index in [4.69, 9.17) is 11.6 Å². The molecule has 0 saturated heterocycles. The number of carbonyl (C=O) groups excluding carboxylic acids is 1. The molecule has 3 rings (SSSR count). The summed E-state index contributed by atoms with van der Waals surface area (Å²) in [4.78, 5) is 14.1. The molecule has 1 N–H and O–H groups in total. The van der Waals surface area contributed by atoms with E-state index in [2.05, 4.69) is 16.8 Å². The maximum atomic E-state index is 10.8. The Hall–Kier alpha value is -1.98. The average Bonchev–Trinajstić information content (AvgIpc) is 2.59. The number of aromatic amines is 1. The van der Waals surface area contributed by atoms with Gasteiger partial charge < -0.3 is 9.78 Å². The van der Waals surface area contributed by atoms with Gasteiger partial charge in [-0.15, -0.1) is 0 Å². The van der Waals surface area contributed by atoms with Crippen LogP contribution in [0.25, 0.3) is 17.0 Å². The number of fused-ring (bicyclic) bond motifs is 3. The number of halogens is 1. The number of hydrogen-bond donors (Lipinski definition) is 1. The lowest BCUT2D eigenvalue weighted by atomic mass is 10.1. The highest BCUT2D eigenvalue weighted by atomic mass is 35.5. The van der Waals surface area contributed by atoms with Gasteiger partial charge >= 0.3 is 0 Å². The Morgan fingerprint density at radius 2 is 2.18 bits per heavy atom. The van der Waals surface area contributed by atoms with E-state index in [0.29, 0.717) is 5.03 Å². The van der Waals surface area contributed by atoms with Crippen LogP contribution in [0.5, 0.6) is 0 Å². The zero-order chi connectivity index (χ0) is 11.8. The molecule has 0 fully saturated rings. The number of aromatic nitrogens is 1. The molecular weight excluding hydrogens is 234 g/mol. The molecular formula is C14H8ClNO. The molecule has 2 nitrogen and oxygen atoms in total. The molecule has 1 aromatic heterocycles. The summed E-state index contributed by atoms with van der Waals surface area (Å²) in [5.74, 6) is 5.39. The fourth-order valence-electron chi connectivity index (χ4n) is 1.95. The van der Waals surface area contributed by atoms with Gasteiger partial charge in [0.25, 0.3) is 0 Å². The third-order valence-corrected chi connectivity index (χ3v) is 3.15. The monoisotopic (exact) mass is 241 g/mol. The summed E-state index contributed by atoms with van der Waals surface area (Å²) in [6.07, 6.45) is 2.53. The van der Waals surface area contributed by atoms with Crippen LogP contribution in [0.15, 0.2) is 29.3 Å². The topological polar surface area (TPSA) is 32.9 Å². The summed E-state index contributed by atoms with van der Waals surface area (Å²) in [5, 5.41) is 1.51. The molecule has 3 heteroatoms. The third kappa shape index (κ3) is 1.56. The molecule has 1 aliphatic carbocycles. The van der Waals surface area contributed by atoms with Crippen LogP contribution in [0.3, 0.4) is 0 Å². The van der Waals surface area contributed by atoms with Crippen molar-refractivity contribution in [3.63, 3.8) is 0 Å². The molecule has 0 saturated carbocycles. The third-order valence-electron chi connectivity index (χ3n) is 2.80. The van der Waals surface area contributed by atoms with Gasteiger partial charge in [-0.25, -0.2) is 0 Å². The van der Waals surface area contributed by atoms with Gasteiger partial charge in [0.2, 0.25) is 0 Å². The van der Waals surface area contributed by atoms with Crippen LogP contribution in [0.1, 0.15) is 11.3 Å². The first-order valence-corrected chi connectivity index (χ1v) is 5.62. The Kier molecular flexibility index (Phi) is 2.28. The van der Waals surface area contributed by atoms with Crippen molar-refractivity contribution in [1.29, 1.82) is 0 Å². The van der Waals surface area contributed by atoms with Crippen LogP contribution in [-0.2, 0) is 4.79 Å². The van der Waals surface area contributed by atoms with Gasteiger partial charge in [-0.2, -0.15) is 0 Å². The molecule has 1 heterocycles. The lowest BCUT2D eigenvalue weighted by Crippen LogP contribution is -1.96. The van der Waals surface area contributed by atoms with Crippen molar-refractivity contribution in [2.45, 2.75) is 0 Å². The summed E-state index contributed by atoms with van der Waals surface area (Å²) in [5.41, 5.74) is 2.80. The highest BCUT2D eigenvalue weighted by Gasteiger charge is 2.15. The van der Waals surface area contributed by atoms with Crippen molar-refractivity contribution in [3.05, 3.63) is 40.6 Å². The molecule has 82 valence electrons. The second-order valence-electron chi connectivity index (χ2n) is 3.87. The van der Waals surface area contributed by atoms with Crippen LogP contribution in [-0.4, -0.2) is 11.3 Å². The number of para-hydroxylation sites is 1. The standard InChI is InChI=1S/C14H8ClNO/c15-12-7-14-11(6-5-9(12)8-17)10-3-1-2-4-13(10)16-14/h1-4,7-9,16H. The van der Waals surface area contributed by atoms with Crippen molar-refractivity contribution >= 4 is 34.9 Å². The van der Waals surface area contributed by atoms with Crippen LogP contribution >= 0.6 is 11.6 Å². The van der Waals surface area contributed by atoms with Crippen molar-refractivity contribution in [2.75, 3.05) is 0 Å². The van der Waals surface area contributed by atoms with E-state index in [1.54, 1.807) is 6.08 Å². The molecule has 0 aliphatic heterocycles. The molecule has 1 unspecified atom stereocenters. The average molecular weight is 242 g/mol. The van der Waals surface area contributed by atoms with Crippen molar-refractivity contribution in [3.8, 4) is 11.8 Å². The lowest BCUT2D eigenvalue weighted by molar-refractivity contribution is -0.108. The smallest absolute Gasteiger partial charge is 0.140 e. The molecule has 0 bridgehead atoms. The minimum absolute atomic E-state index is 0.456. The summed E-state index contributed by atoms with van der Waals surface area (Å²) >= 11 is 6.05. The second-order valence-corrected chi connectivity index (χ2v) is 4.31. The van der Waals surface area contributed by atoms with E-state index in [1.807, 2.05) is 24.3 Å². The van der Waals surface area contributed by atoms with Gasteiger partial charge in [0, 0.05) is 15.9 Å². The quantitative estimate of drug-likeness (QED) is 0.604. The number of aldehydes is 1. The lowest BCUT2D eigenvalue weighted by Gasteiger charge is -1.97. The van der Waals surface area contributed by atoms with Crippen molar-refractivity contribution in [1.82, 2.24) is 4.98 Å². The van der Waals surface area contributed by atoms with E-state index in [9.17, 15) is 4.79 Å². The van der Waals surface area contributed by atoms with Crippen LogP contribution in [0.4, 0.5) is 0 Å². The van der Waals surface area contributed by atoms with E-state index < -0.39 is 5.92 Å². The predicted molar refractivity (Wildman–Crippen MR) is 68.6 cm³/mol. The fourth-order valence-corrected chi connectivity index (χ4v) is 2.17. The minimum Gasteiger partial charge on any atom is -0.354 e. The Morgan fingerprint density at radius 1 is 1.35 bits per heavy atom. The minimum atomic E-state index is -0.517. The molecule has 0 amide bonds. The number of benzene rings is 1. The number of nitrogens with one attached hydrogen (secondary N) is 1. The van der Waals surface area contributed by atoms with E-state index >= 15 is 0 Å². The van der Waals surface area contributed by atoms with E-state index in [0.717, 1.165) is 28.4 Å². The van der Waals surface area contributed by atoms with Gasteiger partial charge in [0.15, 0.2) is 0 Å². The Bertz CT molecular complexity index is 700. The second kappa shape index (κ2) is 3.80. The van der Waals surface area contributed by atoms with Gasteiger partial charge in [0.1, 0.15) is 12.2 Å². The number of allylic oxidation sites excluding steroid dienone is 1. The van der Waals surface area contributed by atoms with Gasteiger partial charge in [-0.3, -0.25) is 0 Å². The van der Waals surface area contributed by atoms with Crippen molar-refractivity contribution in [2.24, 2.45) is 5.92 Å². The van der Waals surface area contributed by atoms with Crippen LogP contribution in [0.2, 0.25) is 0 Å². The summed E-state index contributed by atoms with van der Waals surface area (Å²) in [6, 6.07) is 7.92. The predicted octanol–water partition coefficient (Wildman–Crippen LogP) is 2.93. The molecule has 0 spiro atoms. The maximum Gasteiger partial charge on any atom is 0.140 e. The largest absolute Gasteiger partial charge is 0.354 e. The molecule has 0 radical (unpaired) electrons. The first-order valence-electron chi connectivity index (χ1n) is 5.24. The SMILES string of the molecule is O=CC1C#Cc2c([nH]c3ccccc23)C=C1Cl. The number of carbonyl (C=O) groups is 1. The van der Waals surface area contributed by atoms with E-state index in [-0.39, 0.29) is 0 Å². The molecule has 1 aromatic carbocycles. The number of hydrogen-bond acceptors (Lipinski definition) is 1. The van der Waals surface area contributed by atoms with E-state index in [1.165, 1.54) is 0 Å². The Balaban J connectivity index is 2.32. The molecule has 2 aromatic rings. The Labute approximate surface area is 103 Å². The van der Waals surface area contributed by atoms with Crippen LogP contribution in [0, 0.1) is 17.8 Å². The van der Waals surface area contributed by atoms with Crippen molar-refractivity contribution < 1.29 is 4.79 Å². The maximum absolute atomic E-state index is 10.8. The number of H-pyrrole nitrogens is 1. The highest BCUT2D eigenvalue weighted by molar-refractivity contribution is 6.33. The zero-order valence-electron chi connectivity index (χ0n) is 8.83. The molecule has 1 atom stereocenters. The Morgan fingerprint density at radius 3 is 3.00 bits per heavy atom. The molecule has 1 aliphatic rings. The zero-order valence-corrected chi connectivity index (χ0v) is 9.58. The van der Waals surface area contributed by atoms with Gasteiger partial charge in [0.05, 0.1) is 11.3 Å². The summed E-state index contributed by atoms with van der Waals surface area (Å²) in [6.45, 7) is 0. The summed E-state index contributed by atoms with van der Waals surface area (Å²) in [7, 11) is 0. The molecule has 17 heavy (non-hydrogen) atoms. The first-order chi connectivity index (χ1) is 8.29. The summed E-state index contributed by atoms with van der Waals surface area (Å²) < 4.78 is 0. The van der Waals surface area contributed by atoms with Crippen LogP contribution < -0.4 is 0 Å². The first kappa shape index (κ1) is 10.2. The van der Waals surface area contributed by atoms with Gasteiger partial charge in [-0.1, -0.05) is 41.6 Å². The normalized spacial score (nSPS) is 17.7. The highest BCUT2D eigenvalue weighted by Crippen LogP contribution is 2.27.